The summed E-state index contributed by atoms with van der Waals surface area (Å²) in [7, 11) is 3.02. The van der Waals surface area contributed by atoms with E-state index in [9.17, 15) is 14.7 Å². The number of ether oxygens (including phenoxy) is 2. The minimum Gasteiger partial charge on any atom is -0.507 e. The zero-order valence-corrected chi connectivity index (χ0v) is 18.9. The van der Waals surface area contributed by atoms with Gasteiger partial charge < -0.3 is 19.5 Å². The minimum absolute atomic E-state index is 0.000965. The molecule has 0 spiro atoms. The van der Waals surface area contributed by atoms with Crippen LogP contribution in [-0.2, 0) is 16.1 Å². The summed E-state index contributed by atoms with van der Waals surface area (Å²) in [6.07, 6.45) is 0. The molecular weight excluding hydrogens is 450 g/mol. The number of likely N-dealkylation sites (tertiary alicyclic amines) is 1. The number of aliphatic hydroxyl groups is 1. The van der Waals surface area contributed by atoms with Gasteiger partial charge in [0, 0.05) is 10.4 Å². The van der Waals surface area contributed by atoms with Gasteiger partial charge in [-0.3, -0.25) is 9.59 Å². The van der Waals surface area contributed by atoms with Gasteiger partial charge in [0.15, 0.2) is 0 Å². The molecule has 8 heteroatoms. The highest BCUT2D eigenvalue weighted by Crippen LogP contribution is 2.42. The fourth-order valence-electron chi connectivity index (χ4n) is 3.74. The average Bonchev–Trinajstić information content (AvgIpc) is 3.41. The van der Waals surface area contributed by atoms with Gasteiger partial charge in [-0.25, -0.2) is 0 Å². The van der Waals surface area contributed by atoms with E-state index in [0.717, 1.165) is 4.88 Å². The summed E-state index contributed by atoms with van der Waals surface area (Å²) in [5.41, 5.74) is 0.972. The second-order valence-corrected chi connectivity index (χ2v) is 8.57. The van der Waals surface area contributed by atoms with Crippen molar-refractivity contribution in [3.8, 4) is 11.5 Å². The van der Waals surface area contributed by atoms with Crippen LogP contribution in [0.5, 0.6) is 11.5 Å². The van der Waals surface area contributed by atoms with Crippen LogP contribution < -0.4 is 9.47 Å². The number of ketones is 1. The van der Waals surface area contributed by atoms with Crippen LogP contribution in [0, 0.1) is 0 Å². The molecule has 3 aromatic rings. The third-order valence-electron chi connectivity index (χ3n) is 5.28. The van der Waals surface area contributed by atoms with E-state index in [1.54, 1.807) is 42.5 Å². The van der Waals surface area contributed by atoms with Crippen molar-refractivity contribution in [2.45, 2.75) is 12.6 Å². The molecule has 4 rings (SSSR count). The van der Waals surface area contributed by atoms with Gasteiger partial charge in [0.1, 0.15) is 17.3 Å². The van der Waals surface area contributed by atoms with Gasteiger partial charge in [-0.2, -0.15) is 0 Å². The number of aliphatic hydroxyl groups excluding tert-OH is 1. The van der Waals surface area contributed by atoms with Gasteiger partial charge in [-0.15, -0.1) is 11.3 Å². The van der Waals surface area contributed by atoms with Crippen LogP contribution in [0.15, 0.2) is 65.6 Å². The van der Waals surface area contributed by atoms with Crippen molar-refractivity contribution in [2.75, 3.05) is 14.2 Å². The monoisotopic (exact) mass is 469 g/mol. The minimum atomic E-state index is -0.813. The molecule has 1 aliphatic rings. The second kappa shape index (κ2) is 9.06. The first kappa shape index (κ1) is 21.9. The zero-order chi connectivity index (χ0) is 22.8. The number of amides is 1. The van der Waals surface area contributed by atoms with Crippen molar-refractivity contribution in [1.29, 1.82) is 0 Å². The summed E-state index contributed by atoms with van der Waals surface area (Å²) in [6, 6.07) is 14.7. The SMILES string of the molecule is COc1cccc(/C(O)=C2\C(=O)C(=O)N(Cc3cccs3)C2c2ccc(OC)c(Cl)c2)c1. The van der Waals surface area contributed by atoms with Crippen molar-refractivity contribution >= 4 is 40.4 Å². The normalized spacial score (nSPS) is 17.6. The summed E-state index contributed by atoms with van der Waals surface area (Å²) < 4.78 is 10.5. The van der Waals surface area contributed by atoms with Crippen LogP contribution >= 0.6 is 22.9 Å². The number of nitrogens with zero attached hydrogens (tertiary/aromatic N) is 1. The Kier molecular flexibility index (Phi) is 6.21. The summed E-state index contributed by atoms with van der Waals surface area (Å²) in [4.78, 5) is 28.5. The summed E-state index contributed by atoms with van der Waals surface area (Å²) in [5.74, 6) is -0.712. The Bertz CT molecular complexity index is 1200. The highest BCUT2D eigenvalue weighted by Gasteiger charge is 2.46. The molecule has 32 heavy (non-hydrogen) atoms. The Labute approximate surface area is 194 Å². The Hall–Kier alpha value is -3.29. The van der Waals surface area contributed by atoms with Gasteiger partial charge in [-0.05, 0) is 41.3 Å². The standard InChI is InChI=1S/C24H20ClNO5S/c1-30-16-6-3-5-15(11-16)22(27)20-21(14-8-9-19(31-2)18(25)12-14)26(24(29)23(20)28)13-17-7-4-10-32-17/h3-12,21,27H,13H2,1-2H3/b22-20+. The maximum Gasteiger partial charge on any atom is 0.295 e. The third-order valence-corrected chi connectivity index (χ3v) is 6.44. The molecule has 0 bridgehead atoms. The quantitative estimate of drug-likeness (QED) is 0.311. The van der Waals surface area contributed by atoms with Crippen LogP contribution in [-0.4, -0.2) is 35.9 Å². The number of rotatable bonds is 6. The van der Waals surface area contributed by atoms with E-state index in [0.29, 0.717) is 27.6 Å². The molecule has 2 aromatic carbocycles. The van der Waals surface area contributed by atoms with E-state index in [1.165, 1.54) is 30.5 Å². The Morgan fingerprint density at radius 2 is 1.91 bits per heavy atom. The molecule has 1 aliphatic heterocycles. The maximum atomic E-state index is 13.1. The smallest absolute Gasteiger partial charge is 0.295 e. The van der Waals surface area contributed by atoms with Crippen LogP contribution in [0.1, 0.15) is 22.0 Å². The highest BCUT2D eigenvalue weighted by atomic mass is 35.5. The molecule has 1 fully saturated rings. The molecule has 1 atom stereocenters. The van der Waals surface area contributed by atoms with Crippen LogP contribution in [0.4, 0.5) is 0 Å². The fraction of sp³-hybridized carbons (Fsp3) is 0.167. The van der Waals surface area contributed by atoms with Gasteiger partial charge >= 0.3 is 0 Å². The molecule has 1 amide bonds. The van der Waals surface area contributed by atoms with E-state index >= 15 is 0 Å². The molecular formula is C24H20ClNO5S. The van der Waals surface area contributed by atoms with Gasteiger partial charge in [-0.1, -0.05) is 35.9 Å². The Morgan fingerprint density at radius 3 is 2.56 bits per heavy atom. The molecule has 1 unspecified atom stereocenters. The van der Waals surface area contributed by atoms with Crippen molar-refractivity contribution in [3.05, 3.63) is 86.6 Å². The second-order valence-electron chi connectivity index (χ2n) is 7.13. The third kappa shape index (κ3) is 3.97. The Morgan fingerprint density at radius 1 is 1.09 bits per heavy atom. The first-order valence-corrected chi connectivity index (χ1v) is 11.0. The van der Waals surface area contributed by atoms with E-state index in [-0.39, 0.29) is 17.9 Å². The lowest BCUT2D eigenvalue weighted by molar-refractivity contribution is -0.140. The van der Waals surface area contributed by atoms with Crippen molar-refractivity contribution in [1.82, 2.24) is 4.90 Å². The van der Waals surface area contributed by atoms with Crippen molar-refractivity contribution in [3.63, 3.8) is 0 Å². The number of carbonyl (C=O) groups is 2. The lowest BCUT2D eigenvalue weighted by atomic mass is 9.95. The van der Waals surface area contributed by atoms with E-state index in [1.807, 2.05) is 17.5 Å². The van der Waals surface area contributed by atoms with Crippen molar-refractivity contribution < 1.29 is 24.2 Å². The first-order valence-electron chi connectivity index (χ1n) is 9.73. The number of thiophene rings is 1. The number of halogens is 1. The van der Waals surface area contributed by atoms with Crippen molar-refractivity contribution in [2.24, 2.45) is 0 Å². The van der Waals surface area contributed by atoms with Crippen LogP contribution in [0.2, 0.25) is 5.02 Å². The molecule has 1 N–H and O–H groups in total. The predicted molar refractivity (Wildman–Crippen MR) is 123 cm³/mol. The molecule has 1 aromatic heterocycles. The number of methoxy groups -OCH3 is 2. The molecule has 0 radical (unpaired) electrons. The number of carbonyl (C=O) groups excluding carboxylic acids is 2. The maximum absolute atomic E-state index is 13.1. The largest absolute Gasteiger partial charge is 0.507 e. The van der Waals surface area contributed by atoms with Gasteiger partial charge in [0.2, 0.25) is 0 Å². The number of hydrogen-bond donors (Lipinski definition) is 1. The lowest BCUT2D eigenvalue weighted by Gasteiger charge is -2.25. The summed E-state index contributed by atoms with van der Waals surface area (Å²) in [5, 5.41) is 13.4. The number of Topliss-reactive ketones (excluding diaryl/α,β-unsaturated/α-hetero) is 1. The van der Waals surface area contributed by atoms with E-state index in [4.69, 9.17) is 21.1 Å². The molecule has 0 saturated carbocycles. The highest BCUT2D eigenvalue weighted by molar-refractivity contribution is 7.09. The molecule has 164 valence electrons. The van der Waals surface area contributed by atoms with Crippen LogP contribution in [0.3, 0.4) is 0 Å². The van der Waals surface area contributed by atoms with Gasteiger partial charge in [0.25, 0.3) is 11.7 Å². The molecule has 0 aliphatic carbocycles. The summed E-state index contributed by atoms with van der Waals surface area (Å²) >= 11 is 7.83. The topological polar surface area (TPSA) is 76.1 Å². The molecule has 6 nitrogen and oxygen atoms in total. The number of benzene rings is 2. The predicted octanol–water partition coefficient (Wildman–Crippen LogP) is 5.04. The Balaban J connectivity index is 1.88. The van der Waals surface area contributed by atoms with E-state index < -0.39 is 17.7 Å². The molecule has 1 saturated heterocycles. The van der Waals surface area contributed by atoms with Crippen LogP contribution in [0.25, 0.3) is 5.76 Å². The fourth-order valence-corrected chi connectivity index (χ4v) is 4.71. The summed E-state index contributed by atoms with van der Waals surface area (Å²) in [6.45, 7) is 0.228. The van der Waals surface area contributed by atoms with E-state index in [2.05, 4.69) is 0 Å². The van der Waals surface area contributed by atoms with Gasteiger partial charge in [0.05, 0.1) is 37.4 Å². The average molecular weight is 470 g/mol. The zero-order valence-electron chi connectivity index (χ0n) is 17.4. The molecule has 2 heterocycles. The lowest BCUT2D eigenvalue weighted by Crippen LogP contribution is -2.28. The first-order chi connectivity index (χ1) is 15.4. The number of hydrogen-bond acceptors (Lipinski definition) is 6.